The Morgan fingerprint density at radius 3 is 2.57 bits per heavy atom. The number of ketones is 1. The van der Waals surface area contributed by atoms with E-state index < -0.39 is 18.4 Å². The zero-order valence-electron chi connectivity index (χ0n) is 16.3. The number of carbonyl (C=O) groups is 2. The minimum Gasteiger partial charge on any atom is -0.457 e. The lowest BCUT2D eigenvalue weighted by Gasteiger charge is -2.14. The molecule has 0 aliphatic carbocycles. The van der Waals surface area contributed by atoms with Crippen LogP contribution in [0.3, 0.4) is 0 Å². The molecule has 1 aliphatic heterocycles. The van der Waals surface area contributed by atoms with E-state index in [4.69, 9.17) is 4.74 Å². The third-order valence-corrected chi connectivity index (χ3v) is 6.16. The van der Waals surface area contributed by atoms with E-state index in [-0.39, 0.29) is 12.0 Å². The molecule has 0 spiro atoms. The number of para-hydroxylation sites is 1. The summed E-state index contributed by atoms with van der Waals surface area (Å²) in [7, 11) is 1.81. The quantitative estimate of drug-likeness (QED) is 0.348. The fourth-order valence-electron chi connectivity index (χ4n) is 3.42. The van der Waals surface area contributed by atoms with E-state index in [0.29, 0.717) is 5.03 Å². The standard InChI is InChI=1S/C24H18N2O3S/c1-26-20-11-4-5-12-22(20)30-24(26)19(14-25)21(27)15-29-23(28)13-17-9-6-8-16-7-2-3-10-18(16)17/h2-12H,13,15H2,1H3/b24-19-. The van der Waals surface area contributed by atoms with Crippen LogP contribution in [0.15, 0.2) is 82.2 Å². The van der Waals surface area contributed by atoms with Gasteiger partial charge >= 0.3 is 5.97 Å². The van der Waals surface area contributed by atoms with E-state index in [1.807, 2.05) is 84.7 Å². The molecular formula is C24H18N2O3S. The topological polar surface area (TPSA) is 70.4 Å². The van der Waals surface area contributed by atoms with Crippen molar-refractivity contribution in [2.75, 3.05) is 18.6 Å². The van der Waals surface area contributed by atoms with Gasteiger partial charge in [0.2, 0.25) is 5.78 Å². The Bertz CT molecular complexity index is 1220. The Balaban J connectivity index is 1.45. The highest BCUT2D eigenvalue weighted by atomic mass is 32.2. The monoisotopic (exact) mass is 414 g/mol. The summed E-state index contributed by atoms with van der Waals surface area (Å²) in [6, 6.07) is 23.2. The van der Waals surface area contributed by atoms with Crippen LogP contribution in [0.25, 0.3) is 10.8 Å². The van der Waals surface area contributed by atoms with Crippen LogP contribution < -0.4 is 4.90 Å². The molecule has 0 aromatic heterocycles. The Morgan fingerprint density at radius 1 is 1.03 bits per heavy atom. The van der Waals surface area contributed by atoms with Gasteiger partial charge in [-0.25, -0.2) is 0 Å². The Morgan fingerprint density at radius 2 is 1.77 bits per heavy atom. The lowest BCUT2D eigenvalue weighted by Crippen LogP contribution is -2.20. The van der Waals surface area contributed by atoms with Crippen molar-refractivity contribution in [3.05, 3.63) is 82.9 Å². The summed E-state index contributed by atoms with van der Waals surface area (Å²) in [6.07, 6.45) is 0.0627. The molecule has 6 heteroatoms. The van der Waals surface area contributed by atoms with Crippen molar-refractivity contribution in [1.82, 2.24) is 0 Å². The van der Waals surface area contributed by atoms with Crippen LogP contribution in [0.2, 0.25) is 0 Å². The van der Waals surface area contributed by atoms with Crippen molar-refractivity contribution in [2.24, 2.45) is 0 Å². The number of nitriles is 1. The summed E-state index contributed by atoms with van der Waals surface area (Å²) in [5, 5.41) is 12.1. The Kier molecular flexibility index (Phi) is 5.55. The number of thioether (sulfide) groups is 1. The summed E-state index contributed by atoms with van der Waals surface area (Å²) >= 11 is 1.37. The molecule has 0 saturated heterocycles. The van der Waals surface area contributed by atoms with Gasteiger partial charge in [0.05, 0.1) is 12.1 Å². The van der Waals surface area contributed by atoms with Gasteiger partial charge in [0.25, 0.3) is 0 Å². The van der Waals surface area contributed by atoms with E-state index in [1.165, 1.54) is 11.8 Å². The molecule has 0 atom stereocenters. The fourth-order valence-corrected chi connectivity index (χ4v) is 4.58. The molecule has 1 heterocycles. The van der Waals surface area contributed by atoms with Gasteiger partial charge in [-0.3, -0.25) is 9.59 Å². The number of rotatable bonds is 5. The minimum absolute atomic E-state index is 0.00309. The van der Waals surface area contributed by atoms with E-state index in [2.05, 4.69) is 0 Å². The predicted molar refractivity (Wildman–Crippen MR) is 117 cm³/mol. The first-order chi connectivity index (χ1) is 14.6. The average Bonchev–Trinajstić information content (AvgIpc) is 3.10. The van der Waals surface area contributed by atoms with Crippen LogP contribution in [-0.2, 0) is 20.7 Å². The molecule has 0 amide bonds. The van der Waals surface area contributed by atoms with Gasteiger partial charge in [-0.2, -0.15) is 5.26 Å². The molecule has 0 bridgehead atoms. The van der Waals surface area contributed by atoms with Crippen LogP contribution in [0, 0.1) is 11.3 Å². The van der Waals surface area contributed by atoms with Crippen molar-refractivity contribution in [1.29, 1.82) is 5.26 Å². The molecule has 3 aromatic rings. The molecule has 0 radical (unpaired) electrons. The average molecular weight is 414 g/mol. The zero-order chi connectivity index (χ0) is 21.1. The second-order valence-electron chi connectivity index (χ2n) is 6.82. The SMILES string of the molecule is CN1/C(=C(\C#N)C(=O)COC(=O)Cc2cccc3ccccc23)Sc2ccccc21. The first kappa shape index (κ1) is 19.7. The second kappa shape index (κ2) is 8.44. The van der Waals surface area contributed by atoms with Crippen LogP contribution in [-0.4, -0.2) is 25.4 Å². The largest absolute Gasteiger partial charge is 0.457 e. The highest BCUT2D eigenvalue weighted by Crippen LogP contribution is 2.46. The van der Waals surface area contributed by atoms with Gasteiger partial charge in [0, 0.05) is 11.9 Å². The third-order valence-electron chi connectivity index (χ3n) is 4.92. The fraction of sp³-hybridized carbons (Fsp3) is 0.125. The molecule has 0 fully saturated rings. The molecule has 0 unspecified atom stereocenters. The lowest BCUT2D eigenvalue weighted by molar-refractivity contribution is -0.146. The lowest BCUT2D eigenvalue weighted by atomic mass is 10.0. The second-order valence-corrected chi connectivity index (χ2v) is 7.85. The van der Waals surface area contributed by atoms with Gasteiger partial charge in [0.15, 0.2) is 6.61 Å². The number of Topliss-reactive ketones (excluding diaryl/α,β-unsaturated/α-hetero) is 1. The Hall–Kier alpha value is -3.56. The molecule has 1 aliphatic rings. The van der Waals surface area contributed by atoms with Gasteiger partial charge in [-0.05, 0) is 28.5 Å². The van der Waals surface area contributed by atoms with E-state index in [9.17, 15) is 14.9 Å². The highest BCUT2D eigenvalue weighted by molar-refractivity contribution is 8.03. The van der Waals surface area contributed by atoms with E-state index in [0.717, 1.165) is 26.9 Å². The molecule has 4 rings (SSSR count). The molecular weight excluding hydrogens is 396 g/mol. The van der Waals surface area contributed by atoms with Gasteiger partial charge < -0.3 is 9.64 Å². The minimum atomic E-state index is -0.508. The van der Waals surface area contributed by atoms with Gasteiger partial charge in [-0.15, -0.1) is 0 Å². The number of benzene rings is 3. The number of carbonyl (C=O) groups excluding carboxylic acids is 2. The number of nitrogens with zero attached hydrogens (tertiary/aromatic N) is 2. The van der Waals surface area contributed by atoms with Crippen LogP contribution in [0.4, 0.5) is 5.69 Å². The number of anilines is 1. The van der Waals surface area contributed by atoms with E-state index >= 15 is 0 Å². The highest BCUT2D eigenvalue weighted by Gasteiger charge is 2.28. The van der Waals surface area contributed by atoms with Crippen molar-refractivity contribution < 1.29 is 14.3 Å². The number of esters is 1. The number of fused-ring (bicyclic) bond motifs is 2. The predicted octanol–water partition coefficient (Wildman–Crippen LogP) is 4.47. The Labute approximate surface area is 178 Å². The maximum Gasteiger partial charge on any atom is 0.310 e. The molecule has 3 aromatic carbocycles. The van der Waals surface area contributed by atoms with Crippen LogP contribution >= 0.6 is 11.8 Å². The summed E-state index contributed by atoms with van der Waals surface area (Å²) < 4.78 is 5.21. The van der Waals surface area contributed by atoms with Crippen LogP contribution in [0.1, 0.15) is 5.56 Å². The summed E-state index contributed by atoms with van der Waals surface area (Å²) in [4.78, 5) is 27.8. The molecule has 30 heavy (non-hydrogen) atoms. The van der Waals surface area contributed by atoms with Gasteiger partial charge in [-0.1, -0.05) is 66.4 Å². The molecule has 148 valence electrons. The van der Waals surface area contributed by atoms with Crippen molar-refractivity contribution >= 4 is 40.0 Å². The van der Waals surface area contributed by atoms with E-state index in [1.54, 1.807) is 0 Å². The third kappa shape index (κ3) is 3.80. The first-order valence-electron chi connectivity index (χ1n) is 9.39. The zero-order valence-corrected chi connectivity index (χ0v) is 17.1. The maximum atomic E-state index is 12.6. The molecule has 0 N–H and O–H groups in total. The van der Waals surface area contributed by atoms with Crippen molar-refractivity contribution in [2.45, 2.75) is 11.3 Å². The summed E-state index contributed by atoms with van der Waals surface area (Å²) in [6.45, 7) is -0.458. The van der Waals surface area contributed by atoms with Gasteiger partial charge in [0.1, 0.15) is 16.7 Å². The summed E-state index contributed by atoms with van der Waals surface area (Å²) in [5.41, 5.74) is 1.77. The summed E-state index contributed by atoms with van der Waals surface area (Å²) in [5.74, 6) is -1.01. The van der Waals surface area contributed by atoms with Crippen molar-refractivity contribution in [3.8, 4) is 6.07 Å². The number of ether oxygens (including phenoxy) is 1. The number of hydrogen-bond acceptors (Lipinski definition) is 6. The number of hydrogen-bond donors (Lipinski definition) is 0. The smallest absolute Gasteiger partial charge is 0.310 e. The van der Waals surface area contributed by atoms with Crippen LogP contribution in [0.5, 0.6) is 0 Å². The molecule has 0 saturated carbocycles. The maximum absolute atomic E-state index is 12.6. The first-order valence-corrected chi connectivity index (χ1v) is 10.2. The molecule has 5 nitrogen and oxygen atoms in total. The normalized spacial score (nSPS) is 14.2. The van der Waals surface area contributed by atoms with Crippen molar-refractivity contribution in [3.63, 3.8) is 0 Å².